The Balaban J connectivity index is 1.96. The molecule has 1 aliphatic heterocycles. The Morgan fingerprint density at radius 3 is 2.67 bits per heavy atom. The van der Waals surface area contributed by atoms with Crippen molar-refractivity contribution in [1.82, 2.24) is 9.88 Å². The number of likely N-dealkylation sites (N-methyl/N-ethyl adjacent to an activating group) is 1. The van der Waals surface area contributed by atoms with E-state index in [1.807, 2.05) is 18.2 Å². The second-order valence-electron chi connectivity index (χ2n) is 5.37. The van der Waals surface area contributed by atoms with Crippen molar-refractivity contribution in [2.24, 2.45) is 0 Å². The minimum absolute atomic E-state index is 0.270. The molecule has 0 radical (unpaired) electrons. The van der Waals surface area contributed by atoms with Gasteiger partial charge in [0.1, 0.15) is 17.6 Å². The molecule has 1 aromatic heterocycles. The number of piperazine rings is 1. The van der Waals surface area contributed by atoms with Crippen LogP contribution < -0.4 is 4.90 Å². The molecular weight excluding hydrogens is 260 g/mol. The maximum Gasteiger partial charge on any atom is 0.142 e. The quantitative estimate of drug-likeness (QED) is 0.846. The summed E-state index contributed by atoms with van der Waals surface area (Å²) >= 11 is 0. The molecule has 1 aliphatic rings. The van der Waals surface area contributed by atoms with Crippen LogP contribution in [0.25, 0.3) is 0 Å². The Labute approximate surface area is 125 Å². The normalized spacial score (nSPS) is 19.2. The van der Waals surface area contributed by atoms with Crippen molar-refractivity contribution in [2.45, 2.75) is 6.04 Å². The van der Waals surface area contributed by atoms with Crippen LogP contribution in [0.2, 0.25) is 0 Å². The maximum atomic E-state index is 9.05. The lowest BCUT2D eigenvalue weighted by atomic mass is 10.0. The number of hydrogen-bond acceptors (Lipinski definition) is 4. The Morgan fingerprint density at radius 2 is 1.90 bits per heavy atom. The van der Waals surface area contributed by atoms with E-state index in [1.54, 1.807) is 6.07 Å². The molecule has 1 fully saturated rings. The SMILES string of the molecule is CN1CCN(c2cccc(C#N)n2)C(c2ccccc2)C1. The third-order valence-electron chi connectivity index (χ3n) is 3.91. The summed E-state index contributed by atoms with van der Waals surface area (Å²) in [4.78, 5) is 9.10. The largest absolute Gasteiger partial charge is 0.347 e. The van der Waals surface area contributed by atoms with Gasteiger partial charge in [-0.05, 0) is 24.7 Å². The van der Waals surface area contributed by atoms with Gasteiger partial charge < -0.3 is 9.80 Å². The fourth-order valence-corrected chi connectivity index (χ4v) is 2.80. The zero-order chi connectivity index (χ0) is 14.7. The Kier molecular flexibility index (Phi) is 3.85. The van der Waals surface area contributed by atoms with Gasteiger partial charge in [0, 0.05) is 19.6 Å². The van der Waals surface area contributed by atoms with Crippen molar-refractivity contribution in [2.75, 3.05) is 31.6 Å². The maximum absolute atomic E-state index is 9.05. The van der Waals surface area contributed by atoms with Crippen LogP contribution in [-0.2, 0) is 0 Å². The van der Waals surface area contributed by atoms with E-state index in [1.165, 1.54) is 5.56 Å². The molecule has 1 saturated heterocycles. The number of aromatic nitrogens is 1. The zero-order valence-electron chi connectivity index (χ0n) is 12.1. The van der Waals surface area contributed by atoms with Gasteiger partial charge in [-0.2, -0.15) is 5.26 Å². The molecule has 0 N–H and O–H groups in total. The minimum Gasteiger partial charge on any atom is -0.347 e. The van der Waals surface area contributed by atoms with Crippen LogP contribution in [0.4, 0.5) is 5.82 Å². The molecule has 1 atom stereocenters. The summed E-state index contributed by atoms with van der Waals surface area (Å²) < 4.78 is 0. The highest BCUT2D eigenvalue weighted by atomic mass is 15.3. The molecule has 0 amide bonds. The van der Waals surface area contributed by atoms with E-state index < -0.39 is 0 Å². The minimum atomic E-state index is 0.270. The highest BCUT2D eigenvalue weighted by Gasteiger charge is 2.27. The predicted octanol–water partition coefficient (Wildman–Crippen LogP) is 2.45. The Hall–Kier alpha value is -2.38. The Morgan fingerprint density at radius 1 is 1.10 bits per heavy atom. The van der Waals surface area contributed by atoms with Gasteiger partial charge >= 0.3 is 0 Å². The molecule has 4 nitrogen and oxygen atoms in total. The highest BCUT2D eigenvalue weighted by molar-refractivity contribution is 5.45. The highest BCUT2D eigenvalue weighted by Crippen LogP contribution is 2.29. The lowest BCUT2D eigenvalue weighted by molar-refractivity contribution is 0.268. The van der Waals surface area contributed by atoms with Crippen LogP contribution in [0, 0.1) is 11.3 Å². The molecule has 106 valence electrons. The van der Waals surface area contributed by atoms with E-state index >= 15 is 0 Å². The summed E-state index contributed by atoms with van der Waals surface area (Å²) in [6.07, 6.45) is 0. The first-order valence-corrected chi connectivity index (χ1v) is 7.15. The summed E-state index contributed by atoms with van der Waals surface area (Å²) in [5, 5.41) is 9.05. The fourth-order valence-electron chi connectivity index (χ4n) is 2.80. The first kappa shape index (κ1) is 13.6. The van der Waals surface area contributed by atoms with Gasteiger partial charge in [-0.1, -0.05) is 36.4 Å². The first-order valence-electron chi connectivity index (χ1n) is 7.15. The van der Waals surface area contributed by atoms with Gasteiger partial charge in [-0.15, -0.1) is 0 Å². The van der Waals surface area contributed by atoms with Gasteiger partial charge in [0.25, 0.3) is 0 Å². The van der Waals surface area contributed by atoms with Crippen LogP contribution in [0.3, 0.4) is 0 Å². The summed E-state index contributed by atoms with van der Waals surface area (Å²) in [6, 6.07) is 18.5. The van der Waals surface area contributed by atoms with Crippen molar-refractivity contribution in [3.63, 3.8) is 0 Å². The molecule has 1 unspecified atom stereocenters. The second-order valence-corrected chi connectivity index (χ2v) is 5.37. The topological polar surface area (TPSA) is 43.2 Å². The average Bonchev–Trinajstić information content (AvgIpc) is 2.55. The van der Waals surface area contributed by atoms with Gasteiger partial charge in [0.2, 0.25) is 0 Å². The standard InChI is InChI=1S/C17H18N4/c1-20-10-11-21(17-9-5-8-15(12-18)19-17)16(13-20)14-6-3-2-4-7-14/h2-9,16H,10-11,13H2,1H3. The first-order chi connectivity index (χ1) is 10.3. The molecule has 0 bridgehead atoms. The second kappa shape index (κ2) is 5.94. The van der Waals surface area contributed by atoms with Crippen LogP contribution in [-0.4, -0.2) is 36.6 Å². The van der Waals surface area contributed by atoms with Crippen molar-refractivity contribution >= 4 is 5.82 Å². The van der Waals surface area contributed by atoms with E-state index in [-0.39, 0.29) is 6.04 Å². The Bertz CT molecular complexity index is 647. The molecule has 21 heavy (non-hydrogen) atoms. The number of nitrogens with zero attached hydrogens (tertiary/aromatic N) is 4. The summed E-state index contributed by atoms with van der Waals surface area (Å²) in [5.74, 6) is 0.885. The molecule has 1 aromatic carbocycles. The van der Waals surface area contributed by atoms with Gasteiger partial charge in [0.15, 0.2) is 0 Å². The monoisotopic (exact) mass is 278 g/mol. The number of nitriles is 1. The lowest BCUT2D eigenvalue weighted by Gasteiger charge is -2.41. The van der Waals surface area contributed by atoms with E-state index in [4.69, 9.17) is 5.26 Å². The van der Waals surface area contributed by atoms with Crippen LogP contribution in [0.1, 0.15) is 17.3 Å². The number of anilines is 1. The smallest absolute Gasteiger partial charge is 0.142 e. The number of benzene rings is 1. The van der Waals surface area contributed by atoms with Gasteiger partial charge in [-0.25, -0.2) is 4.98 Å². The zero-order valence-corrected chi connectivity index (χ0v) is 12.1. The summed E-state index contributed by atoms with van der Waals surface area (Å²) in [6.45, 7) is 2.88. The molecule has 2 aromatic rings. The van der Waals surface area contributed by atoms with Crippen LogP contribution in [0.5, 0.6) is 0 Å². The van der Waals surface area contributed by atoms with E-state index in [0.717, 1.165) is 25.5 Å². The molecule has 2 heterocycles. The van der Waals surface area contributed by atoms with Crippen molar-refractivity contribution in [1.29, 1.82) is 5.26 Å². The van der Waals surface area contributed by atoms with Gasteiger partial charge in [0.05, 0.1) is 6.04 Å². The number of hydrogen-bond donors (Lipinski definition) is 0. The summed E-state index contributed by atoms with van der Waals surface area (Å²) in [5.41, 5.74) is 1.76. The van der Waals surface area contributed by atoms with Crippen LogP contribution in [0.15, 0.2) is 48.5 Å². The molecule has 3 rings (SSSR count). The average molecular weight is 278 g/mol. The number of pyridine rings is 1. The summed E-state index contributed by atoms with van der Waals surface area (Å²) in [7, 11) is 2.15. The van der Waals surface area contributed by atoms with E-state index in [0.29, 0.717) is 5.69 Å². The fraction of sp³-hybridized carbons (Fsp3) is 0.294. The van der Waals surface area contributed by atoms with E-state index in [2.05, 4.69) is 52.2 Å². The van der Waals surface area contributed by atoms with E-state index in [9.17, 15) is 0 Å². The molecule has 4 heteroatoms. The molecule has 0 saturated carbocycles. The van der Waals surface area contributed by atoms with Crippen molar-refractivity contribution < 1.29 is 0 Å². The molecule has 0 aliphatic carbocycles. The predicted molar refractivity (Wildman–Crippen MR) is 83.0 cm³/mol. The lowest BCUT2D eigenvalue weighted by Crippen LogP contribution is -2.47. The third kappa shape index (κ3) is 2.88. The van der Waals surface area contributed by atoms with Crippen molar-refractivity contribution in [3.05, 3.63) is 59.8 Å². The van der Waals surface area contributed by atoms with Crippen molar-refractivity contribution in [3.8, 4) is 6.07 Å². The van der Waals surface area contributed by atoms with Gasteiger partial charge in [-0.3, -0.25) is 0 Å². The number of rotatable bonds is 2. The molecule has 0 spiro atoms. The third-order valence-corrected chi connectivity index (χ3v) is 3.91. The molecular formula is C17H18N4. The van der Waals surface area contributed by atoms with Crippen LogP contribution >= 0.6 is 0 Å².